The van der Waals surface area contributed by atoms with Crippen molar-refractivity contribution >= 4 is 40.5 Å². The third-order valence-corrected chi connectivity index (χ3v) is 6.54. The molecule has 1 fully saturated rings. The number of halogens is 1. The minimum absolute atomic E-state index is 0.0565. The van der Waals surface area contributed by atoms with Gasteiger partial charge < -0.3 is 20.0 Å². The Hall–Kier alpha value is -3.68. The molecule has 0 aliphatic carbocycles. The molecule has 8 heteroatoms. The van der Waals surface area contributed by atoms with Crippen LogP contribution in [-0.4, -0.2) is 27.4 Å². The van der Waals surface area contributed by atoms with E-state index in [2.05, 4.69) is 15.6 Å². The van der Waals surface area contributed by atoms with Gasteiger partial charge in [0.1, 0.15) is 24.1 Å². The molecule has 176 valence electrons. The van der Waals surface area contributed by atoms with Crippen LogP contribution in [0.25, 0.3) is 11.3 Å². The summed E-state index contributed by atoms with van der Waals surface area (Å²) >= 11 is 11.9. The van der Waals surface area contributed by atoms with E-state index < -0.39 is 0 Å². The van der Waals surface area contributed by atoms with Gasteiger partial charge in [-0.3, -0.25) is 9.78 Å². The molecule has 2 atom stereocenters. The third-order valence-electron chi connectivity index (χ3n) is 5.95. The van der Waals surface area contributed by atoms with E-state index in [0.29, 0.717) is 21.7 Å². The van der Waals surface area contributed by atoms with Crippen LogP contribution >= 0.6 is 23.8 Å². The summed E-state index contributed by atoms with van der Waals surface area (Å²) in [5.41, 5.74) is 3.50. The number of nitrogens with one attached hydrogen (secondary N) is 2. The average molecular weight is 503 g/mol. The average Bonchev–Trinajstić information content (AvgIpc) is 3.46. The molecule has 3 heterocycles. The van der Waals surface area contributed by atoms with Crippen LogP contribution < -0.4 is 10.6 Å². The number of furan rings is 1. The van der Waals surface area contributed by atoms with Crippen LogP contribution in [0.15, 0.2) is 89.5 Å². The van der Waals surface area contributed by atoms with Gasteiger partial charge in [0.15, 0.2) is 5.11 Å². The van der Waals surface area contributed by atoms with Crippen molar-refractivity contribution in [3.05, 3.63) is 107 Å². The van der Waals surface area contributed by atoms with E-state index in [9.17, 15) is 4.79 Å². The predicted molar refractivity (Wildman–Crippen MR) is 141 cm³/mol. The predicted octanol–water partition coefficient (Wildman–Crippen LogP) is 5.91. The molecule has 2 aromatic heterocycles. The van der Waals surface area contributed by atoms with Crippen LogP contribution in [-0.2, 0) is 4.79 Å². The molecule has 4 aromatic rings. The Bertz CT molecular complexity index is 1360. The number of nitrogens with zero attached hydrogens (tertiary/aromatic N) is 2. The number of amides is 1. The molecule has 2 aromatic carbocycles. The number of para-hydroxylation sites is 1. The minimum Gasteiger partial charge on any atom is -0.459 e. The van der Waals surface area contributed by atoms with Gasteiger partial charge in [-0.1, -0.05) is 41.9 Å². The zero-order valence-corrected chi connectivity index (χ0v) is 20.5. The molecule has 2 N–H and O–H groups in total. The Morgan fingerprint density at radius 1 is 1.11 bits per heavy atom. The minimum atomic E-state index is -0.368. The fourth-order valence-corrected chi connectivity index (χ4v) is 4.75. The number of carbonyl (C=O) groups is 1. The molecule has 6 nitrogen and oxygen atoms in total. The maximum Gasteiger partial charge on any atom is 0.244 e. The maximum absolute atomic E-state index is 12.9. The lowest BCUT2D eigenvalue weighted by Crippen LogP contribution is -2.36. The van der Waals surface area contributed by atoms with E-state index in [1.54, 1.807) is 6.20 Å². The summed E-state index contributed by atoms with van der Waals surface area (Å²) in [5.74, 6) is 1.20. The highest BCUT2D eigenvalue weighted by Gasteiger charge is 2.42. The van der Waals surface area contributed by atoms with E-state index in [0.717, 1.165) is 22.5 Å². The quantitative estimate of drug-likeness (QED) is 0.319. The van der Waals surface area contributed by atoms with E-state index in [4.69, 9.17) is 28.2 Å². The molecule has 1 aliphatic heterocycles. The van der Waals surface area contributed by atoms with Crippen LogP contribution in [0.2, 0.25) is 5.02 Å². The number of carbonyl (C=O) groups excluding carboxylic acids is 1. The smallest absolute Gasteiger partial charge is 0.244 e. The van der Waals surface area contributed by atoms with Crippen molar-refractivity contribution in [2.24, 2.45) is 0 Å². The zero-order valence-electron chi connectivity index (χ0n) is 18.9. The number of aryl methyl sites for hydroxylation is 1. The van der Waals surface area contributed by atoms with E-state index in [1.165, 1.54) is 0 Å². The first-order chi connectivity index (χ1) is 17.0. The van der Waals surface area contributed by atoms with Crippen LogP contribution in [0.3, 0.4) is 0 Å². The molecule has 35 heavy (non-hydrogen) atoms. The second kappa shape index (κ2) is 9.90. The molecule has 0 unspecified atom stereocenters. The lowest BCUT2D eigenvalue weighted by Gasteiger charge is -2.25. The molecule has 0 saturated carbocycles. The molecule has 5 rings (SSSR count). The van der Waals surface area contributed by atoms with Crippen LogP contribution in [0.4, 0.5) is 5.69 Å². The standard InChI is InChI=1S/C27H23ClN4O2S/c1-17-10-11-18(28)15-20(17)22-12-13-23(34-22)26-25(21-9-5-6-14-29-21)31-27(35)32(26)16-24(33)30-19-7-3-2-4-8-19/h2-15,25-26H,16H2,1H3,(H,30,33)(H,31,35)/t25-,26+/m0/s1. The molecule has 1 amide bonds. The van der Waals surface area contributed by atoms with E-state index >= 15 is 0 Å². The number of aromatic nitrogens is 1. The summed E-state index contributed by atoms with van der Waals surface area (Å²) in [6.45, 7) is 2.07. The van der Waals surface area contributed by atoms with Gasteiger partial charge in [-0.25, -0.2) is 0 Å². The second-order valence-electron chi connectivity index (χ2n) is 8.33. The number of benzene rings is 2. The normalized spacial score (nSPS) is 17.3. The van der Waals surface area contributed by atoms with Crippen LogP contribution in [0.5, 0.6) is 0 Å². The number of rotatable bonds is 6. The first-order valence-corrected chi connectivity index (χ1v) is 12.0. The lowest BCUT2D eigenvalue weighted by molar-refractivity contribution is -0.116. The third kappa shape index (κ3) is 4.92. The Morgan fingerprint density at radius 3 is 2.69 bits per heavy atom. The zero-order chi connectivity index (χ0) is 24.4. The van der Waals surface area contributed by atoms with Gasteiger partial charge >= 0.3 is 0 Å². The van der Waals surface area contributed by atoms with Crippen molar-refractivity contribution in [1.82, 2.24) is 15.2 Å². The number of hydrogen-bond acceptors (Lipinski definition) is 4. The second-order valence-corrected chi connectivity index (χ2v) is 9.15. The molecule has 1 aliphatic rings. The van der Waals surface area contributed by atoms with Gasteiger partial charge in [0.25, 0.3) is 0 Å². The van der Waals surface area contributed by atoms with Crippen molar-refractivity contribution in [1.29, 1.82) is 0 Å². The number of hydrogen-bond donors (Lipinski definition) is 2. The monoisotopic (exact) mass is 502 g/mol. The molecular weight excluding hydrogens is 480 g/mol. The fraction of sp³-hybridized carbons (Fsp3) is 0.148. The van der Waals surface area contributed by atoms with Crippen molar-refractivity contribution in [3.63, 3.8) is 0 Å². The topological polar surface area (TPSA) is 70.4 Å². The highest BCUT2D eigenvalue weighted by molar-refractivity contribution is 7.80. The molecule has 0 spiro atoms. The van der Waals surface area contributed by atoms with Crippen molar-refractivity contribution in [2.45, 2.75) is 19.0 Å². The van der Waals surface area contributed by atoms with Gasteiger partial charge in [0, 0.05) is 22.5 Å². The summed E-state index contributed by atoms with van der Waals surface area (Å²) in [6.07, 6.45) is 1.74. The number of pyridine rings is 1. The van der Waals surface area contributed by atoms with Crippen molar-refractivity contribution in [2.75, 3.05) is 11.9 Å². The Kier molecular flexibility index (Phi) is 6.53. The summed E-state index contributed by atoms with van der Waals surface area (Å²) < 4.78 is 6.36. The Balaban J connectivity index is 1.48. The van der Waals surface area contributed by atoms with Crippen molar-refractivity contribution in [3.8, 4) is 11.3 Å². The van der Waals surface area contributed by atoms with Gasteiger partial charge in [-0.2, -0.15) is 0 Å². The highest BCUT2D eigenvalue weighted by atomic mass is 35.5. The van der Waals surface area contributed by atoms with Crippen LogP contribution in [0.1, 0.15) is 29.1 Å². The molecular formula is C27H23ClN4O2S. The SMILES string of the molecule is Cc1ccc(Cl)cc1-c1ccc([C@@H]2[C@H](c3ccccn3)NC(=S)N2CC(=O)Nc2ccccc2)o1. The molecule has 0 bridgehead atoms. The fourth-order valence-electron chi connectivity index (χ4n) is 4.28. The van der Waals surface area contributed by atoms with Crippen molar-refractivity contribution < 1.29 is 9.21 Å². The van der Waals surface area contributed by atoms with E-state index in [-0.39, 0.29) is 24.5 Å². The summed E-state index contributed by atoms with van der Waals surface area (Å²) in [4.78, 5) is 19.3. The Morgan fingerprint density at radius 2 is 1.91 bits per heavy atom. The van der Waals surface area contributed by atoms with Gasteiger partial charge in [0.05, 0.1) is 11.7 Å². The molecule has 0 radical (unpaired) electrons. The van der Waals surface area contributed by atoms with Gasteiger partial charge in [0.2, 0.25) is 5.91 Å². The number of thiocarbonyl (C=S) groups is 1. The first-order valence-electron chi connectivity index (χ1n) is 11.2. The lowest BCUT2D eigenvalue weighted by atomic mass is 10.0. The van der Waals surface area contributed by atoms with Gasteiger partial charge in [-0.15, -0.1) is 0 Å². The molecule has 1 saturated heterocycles. The van der Waals surface area contributed by atoms with Crippen LogP contribution in [0, 0.1) is 6.92 Å². The Labute approximate surface area is 213 Å². The largest absolute Gasteiger partial charge is 0.459 e. The highest BCUT2D eigenvalue weighted by Crippen LogP contribution is 2.40. The first kappa shape index (κ1) is 23.1. The number of anilines is 1. The summed E-state index contributed by atoms with van der Waals surface area (Å²) in [6, 6.07) is 24.0. The summed E-state index contributed by atoms with van der Waals surface area (Å²) in [5, 5.41) is 7.37. The summed E-state index contributed by atoms with van der Waals surface area (Å²) in [7, 11) is 0. The van der Waals surface area contributed by atoms with Gasteiger partial charge in [-0.05, 0) is 73.2 Å². The van der Waals surface area contributed by atoms with E-state index in [1.807, 2.05) is 90.7 Å². The maximum atomic E-state index is 12.9.